The normalized spacial score (nSPS) is 11.1. The molecule has 0 aliphatic heterocycles. The molecule has 0 atom stereocenters. The van der Waals surface area contributed by atoms with E-state index in [1.54, 1.807) is 37.5 Å². The Bertz CT molecular complexity index is 2260. The summed E-state index contributed by atoms with van der Waals surface area (Å²) in [5, 5.41) is 22.1. The van der Waals surface area contributed by atoms with Crippen LogP contribution in [0.5, 0.6) is 40.2 Å². The number of furan rings is 2. The minimum atomic E-state index is -0.433. The number of rotatable bonds is 11. The summed E-state index contributed by atoms with van der Waals surface area (Å²) in [6, 6.07) is 18.1. The maximum atomic E-state index is 12.8. The monoisotopic (exact) mass is 756 g/mol. The Labute approximate surface area is 301 Å². The number of carbonyl (C=O) groups is 2. The van der Waals surface area contributed by atoms with Crippen molar-refractivity contribution < 1.29 is 52.3 Å². The van der Waals surface area contributed by atoms with E-state index in [1.807, 2.05) is 42.5 Å². The standard InChI is InChI=1S/C20H17BrO6.C19H16O5/c1-24-15-7-5-11(10-13(15)21)4-6-14(22)16-17(23)20(26-3)19-12(8-9-27-19)18(16)25-2;1-22-17-13-10-11-24-18(13)19(23-2)16(21)15(17)14(20)9-8-12-6-4-3-5-7-12/h4-10,23H,1-3H3;3-11,21H,1-2H3/b6-4+;9-8+. The molecule has 0 aliphatic rings. The van der Waals surface area contributed by atoms with Gasteiger partial charge in [-0.05, 0) is 63.5 Å². The fraction of sp³-hybridized carbons (Fsp3) is 0.128. The highest BCUT2D eigenvalue weighted by molar-refractivity contribution is 9.10. The van der Waals surface area contributed by atoms with Crippen molar-refractivity contribution in [1.29, 1.82) is 0 Å². The van der Waals surface area contributed by atoms with Crippen LogP contribution in [0, 0.1) is 0 Å². The van der Waals surface area contributed by atoms with Gasteiger partial charge in [0.15, 0.2) is 34.2 Å². The van der Waals surface area contributed by atoms with Gasteiger partial charge in [0, 0.05) is 0 Å². The zero-order valence-electron chi connectivity index (χ0n) is 28.2. The summed E-state index contributed by atoms with van der Waals surface area (Å²) in [5.74, 6) is -0.114. The van der Waals surface area contributed by atoms with Gasteiger partial charge in [0.1, 0.15) is 28.4 Å². The Kier molecular flexibility index (Phi) is 11.4. The molecule has 0 unspecified atom stereocenters. The van der Waals surface area contributed by atoms with Gasteiger partial charge in [-0.1, -0.05) is 48.6 Å². The molecule has 2 heterocycles. The van der Waals surface area contributed by atoms with Crippen molar-refractivity contribution in [3.63, 3.8) is 0 Å². The van der Waals surface area contributed by atoms with Crippen LogP contribution in [-0.2, 0) is 0 Å². The van der Waals surface area contributed by atoms with Crippen LogP contribution >= 0.6 is 15.9 Å². The van der Waals surface area contributed by atoms with Gasteiger partial charge in [0.05, 0.1) is 63.3 Å². The number of ketones is 2. The average Bonchev–Trinajstić information content (AvgIpc) is 3.83. The summed E-state index contributed by atoms with van der Waals surface area (Å²) in [4.78, 5) is 25.5. The molecule has 0 bridgehead atoms. The number of fused-ring (bicyclic) bond motifs is 2. The number of aromatic hydroxyl groups is 2. The molecule has 6 rings (SSSR count). The van der Waals surface area contributed by atoms with E-state index < -0.39 is 11.6 Å². The highest BCUT2D eigenvalue weighted by Crippen LogP contribution is 2.47. The minimum Gasteiger partial charge on any atom is -0.504 e. The van der Waals surface area contributed by atoms with E-state index in [1.165, 1.54) is 53.1 Å². The Hall–Kier alpha value is -6.14. The maximum absolute atomic E-state index is 12.8. The van der Waals surface area contributed by atoms with Crippen LogP contribution < -0.4 is 23.7 Å². The van der Waals surface area contributed by atoms with E-state index in [9.17, 15) is 19.8 Å². The molecule has 0 fully saturated rings. The topological polar surface area (TPSA) is 147 Å². The number of carbonyl (C=O) groups excluding carboxylic acids is 2. The van der Waals surface area contributed by atoms with Crippen molar-refractivity contribution in [2.45, 2.75) is 0 Å². The number of hydrogen-bond donors (Lipinski definition) is 2. The lowest BCUT2D eigenvalue weighted by Crippen LogP contribution is -2.02. The third-order valence-corrected chi connectivity index (χ3v) is 8.35. The van der Waals surface area contributed by atoms with Crippen molar-refractivity contribution in [3.05, 3.63) is 112 Å². The number of methoxy groups -OCH3 is 5. The van der Waals surface area contributed by atoms with Crippen LogP contribution in [0.3, 0.4) is 0 Å². The molecular formula is C39H33BrO11. The summed E-state index contributed by atoms with van der Waals surface area (Å²) in [7, 11) is 7.23. The highest BCUT2D eigenvalue weighted by Gasteiger charge is 2.27. The summed E-state index contributed by atoms with van der Waals surface area (Å²) in [5.41, 5.74) is 2.34. The van der Waals surface area contributed by atoms with Crippen molar-refractivity contribution in [2.24, 2.45) is 0 Å². The van der Waals surface area contributed by atoms with Crippen molar-refractivity contribution in [3.8, 4) is 40.2 Å². The molecule has 2 N–H and O–H groups in total. The predicted octanol–water partition coefficient (Wildman–Crippen LogP) is 8.87. The summed E-state index contributed by atoms with van der Waals surface area (Å²) < 4.78 is 37.8. The third kappa shape index (κ3) is 7.26. The lowest BCUT2D eigenvalue weighted by molar-refractivity contribution is 0.103. The molecule has 12 heteroatoms. The van der Waals surface area contributed by atoms with E-state index in [2.05, 4.69) is 15.9 Å². The van der Waals surface area contributed by atoms with Gasteiger partial charge in [0.25, 0.3) is 0 Å². The van der Waals surface area contributed by atoms with E-state index in [4.69, 9.17) is 32.5 Å². The van der Waals surface area contributed by atoms with Gasteiger partial charge >= 0.3 is 0 Å². The molecule has 4 aromatic carbocycles. The minimum absolute atomic E-state index is 0.00655. The van der Waals surface area contributed by atoms with Gasteiger partial charge in [-0.25, -0.2) is 0 Å². The number of benzene rings is 4. The van der Waals surface area contributed by atoms with E-state index in [0.29, 0.717) is 27.7 Å². The summed E-state index contributed by atoms with van der Waals surface area (Å²) in [6.07, 6.45) is 8.94. The smallest absolute Gasteiger partial charge is 0.205 e. The second-order valence-electron chi connectivity index (χ2n) is 10.6. The van der Waals surface area contributed by atoms with Gasteiger partial charge in [-0.3, -0.25) is 9.59 Å². The first-order chi connectivity index (χ1) is 24.7. The van der Waals surface area contributed by atoms with E-state index >= 15 is 0 Å². The Morgan fingerprint density at radius 2 is 1.08 bits per heavy atom. The van der Waals surface area contributed by atoms with Crippen LogP contribution in [0.2, 0.25) is 0 Å². The van der Waals surface area contributed by atoms with Crippen LogP contribution in [0.1, 0.15) is 31.8 Å². The number of ether oxygens (including phenoxy) is 5. The molecule has 11 nitrogen and oxygen atoms in total. The molecule has 2 aromatic heterocycles. The van der Waals surface area contributed by atoms with Gasteiger partial charge in [-0.2, -0.15) is 0 Å². The predicted molar refractivity (Wildman–Crippen MR) is 196 cm³/mol. The van der Waals surface area contributed by atoms with E-state index in [0.717, 1.165) is 15.6 Å². The number of allylic oxidation sites excluding steroid dienone is 2. The van der Waals surface area contributed by atoms with Gasteiger partial charge < -0.3 is 42.7 Å². The van der Waals surface area contributed by atoms with Crippen LogP contribution in [-0.4, -0.2) is 57.3 Å². The molecule has 6 aromatic rings. The molecule has 0 saturated heterocycles. The molecule has 0 saturated carbocycles. The van der Waals surface area contributed by atoms with Gasteiger partial charge in [-0.15, -0.1) is 0 Å². The fourth-order valence-electron chi connectivity index (χ4n) is 5.38. The highest BCUT2D eigenvalue weighted by atomic mass is 79.9. The van der Waals surface area contributed by atoms with Crippen molar-refractivity contribution in [2.75, 3.05) is 35.5 Å². The molecule has 262 valence electrons. The quantitative estimate of drug-likeness (QED) is 0.0965. The second kappa shape index (κ2) is 16.0. The Morgan fingerprint density at radius 3 is 1.51 bits per heavy atom. The Balaban J connectivity index is 0.000000199. The summed E-state index contributed by atoms with van der Waals surface area (Å²) in [6.45, 7) is 0. The van der Waals surface area contributed by atoms with Crippen LogP contribution in [0.15, 0.2) is 98.6 Å². The summed E-state index contributed by atoms with van der Waals surface area (Å²) >= 11 is 3.40. The molecule has 0 amide bonds. The second-order valence-corrected chi connectivity index (χ2v) is 11.5. The number of phenols is 2. The molecule has 0 radical (unpaired) electrons. The first kappa shape index (κ1) is 36.1. The molecule has 0 aliphatic carbocycles. The molecular weight excluding hydrogens is 724 g/mol. The number of halogens is 1. The zero-order chi connectivity index (χ0) is 36.7. The van der Waals surface area contributed by atoms with Crippen molar-refractivity contribution in [1.82, 2.24) is 0 Å². The lowest BCUT2D eigenvalue weighted by atomic mass is 10.0. The average molecular weight is 758 g/mol. The first-order valence-electron chi connectivity index (χ1n) is 15.2. The fourth-order valence-corrected chi connectivity index (χ4v) is 5.93. The van der Waals surface area contributed by atoms with Gasteiger partial charge in [0.2, 0.25) is 11.5 Å². The number of hydrogen-bond acceptors (Lipinski definition) is 11. The molecule has 0 spiro atoms. The van der Waals surface area contributed by atoms with Crippen LogP contribution in [0.25, 0.3) is 34.1 Å². The SMILES string of the molecule is COc1c(C(=O)/C=C/c2ccccc2)c(O)c(OC)c2occc12.COc1ccc(/C=C/C(=O)c2c(O)c(OC)c3occc3c2OC)cc1Br. The largest absolute Gasteiger partial charge is 0.504 e. The van der Waals surface area contributed by atoms with Crippen molar-refractivity contribution >= 4 is 61.6 Å². The van der Waals surface area contributed by atoms with Crippen LogP contribution in [0.4, 0.5) is 0 Å². The molecule has 51 heavy (non-hydrogen) atoms. The van der Waals surface area contributed by atoms with E-state index in [-0.39, 0.29) is 45.6 Å². The third-order valence-electron chi connectivity index (χ3n) is 7.73. The lowest BCUT2D eigenvalue weighted by Gasteiger charge is -2.13. The Morgan fingerprint density at radius 1 is 0.608 bits per heavy atom. The number of phenolic OH excluding ortho intramolecular Hbond substituents is 2. The zero-order valence-corrected chi connectivity index (χ0v) is 29.8. The maximum Gasteiger partial charge on any atom is 0.205 e. The first-order valence-corrected chi connectivity index (χ1v) is 16.0.